The second-order valence-electron chi connectivity index (χ2n) is 8.64. The number of phosphoric ester groups is 1. The van der Waals surface area contributed by atoms with Gasteiger partial charge in [0.05, 0.1) is 41.7 Å². The van der Waals surface area contributed by atoms with Crippen LogP contribution in [0.2, 0.25) is 0 Å². The summed E-state index contributed by atoms with van der Waals surface area (Å²) in [6.07, 6.45) is -2.22. The van der Waals surface area contributed by atoms with E-state index in [-0.39, 0.29) is 12.2 Å². The predicted molar refractivity (Wildman–Crippen MR) is 129 cm³/mol. The van der Waals surface area contributed by atoms with E-state index in [2.05, 4.69) is 29.2 Å². The third-order valence-electron chi connectivity index (χ3n) is 5.93. The lowest BCUT2D eigenvalue weighted by Crippen LogP contribution is -2.27. The molecule has 0 aliphatic carbocycles. The Morgan fingerprint density at radius 3 is 2.60 bits per heavy atom. The van der Waals surface area contributed by atoms with Gasteiger partial charge in [0.1, 0.15) is 17.8 Å². The fourth-order valence-corrected chi connectivity index (χ4v) is 7.24. The number of ether oxygens (including phenoxy) is 1. The summed E-state index contributed by atoms with van der Waals surface area (Å²) >= 11 is 0. The molecule has 0 amide bonds. The molecule has 0 spiro atoms. The summed E-state index contributed by atoms with van der Waals surface area (Å²) < 4.78 is 52.4. The summed E-state index contributed by atoms with van der Waals surface area (Å²) in [6.45, 7) is -0.925. The van der Waals surface area contributed by atoms with Crippen LogP contribution < -0.4 is 20.4 Å². The molecule has 20 heteroatoms. The number of aromatic nitrogens is 3. The van der Waals surface area contributed by atoms with E-state index in [0.717, 1.165) is 10.8 Å². The van der Waals surface area contributed by atoms with Gasteiger partial charge < -0.3 is 44.2 Å². The molecule has 6 atom stereocenters. The van der Waals surface area contributed by atoms with Gasteiger partial charge in [-0.25, -0.2) is 18.6 Å². The number of pyridine rings is 1. The van der Waals surface area contributed by atoms with E-state index in [0.29, 0.717) is 27.5 Å². The van der Waals surface area contributed by atoms with Crippen LogP contribution in [0.3, 0.4) is 0 Å². The quantitative estimate of drug-likeness (QED) is 0.178. The summed E-state index contributed by atoms with van der Waals surface area (Å²) in [5.41, 5.74) is 7.90. The molecule has 2 aromatic carbocycles. The first-order chi connectivity index (χ1) is 18.6. The molecule has 1 fully saturated rings. The van der Waals surface area contributed by atoms with Gasteiger partial charge in [-0.1, -0.05) is 6.07 Å². The van der Waals surface area contributed by atoms with Gasteiger partial charge in [0.2, 0.25) is 0 Å². The number of rotatable bonds is 8. The van der Waals surface area contributed by atoms with Gasteiger partial charge in [-0.05, 0) is 35.0 Å². The zero-order valence-electron chi connectivity index (χ0n) is 19.8. The first-order valence-corrected chi connectivity index (χ1v) is 15.5. The lowest BCUT2D eigenvalue weighted by atomic mass is 10.0. The monoisotopic (exact) mass is 612 g/mol. The number of imidazole rings is 1. The maximum Gasteiger partial charge on any atom is 0.280 e. The third kappa shape index (κ3) is 5.95. The van der Waals surface area contributed by atoms with Gasteiger partial charge in [0.15, 0.2) is 5.82 Å². The third-order valence-corrected chi connectivity index (χ3v) is 9.62. The highest BCUT2D eigenvalue weighted by atomic mass is 31.3. The van der Waals surface area contributed by atoms with E-state index in [9.17, 15) is 38.7 Å². The lowest BCUT2D eigenvalue weighted by molar-refractivity contribution is -0.250. The van der Waals surface area contributed by atoms with Gasteiger partial charge in [0.25, 0.3) is 23.5 Å². The molecule has 0 saturated carbocycles. The molecule has 2 aromatic heterocycles. The summed E-state index contributed by atoms with van der Waals surface area (Å²) in [7, 11) is -17.7. The smallest absolute Gasteiger partial charge is 0.280 e. The number of aliphatic hydroxyl groups excluding tert-OH is 1. The molecule has 0 bridgehead atoms. The molecule has 5 rings (SSSR count). The van der Waals surface area contributed by atoms with Crippen LogP contribution >= 0.6 is 23.5 Å². The minimum atomic E-state index is -6.07. The van der Waals surface area contributed by atoms with Crippen LogP contribution in [0.1, 0.15) is 18.2 Å². The molecule has 212 valence electrons. The number of nitrogen functional groups attached to an aromatic ring is 1. The number of hydrogen-bond donors (Lipinski definition) is 3. The summed E-state index contributed by atoms with van der Waals surface area (Å²) in [5.74, 6) is 0.117. The van der Waals surface area contributed by atoms with E-state index in [1.807, 2.05) is 0 Å². The van der Waals surface area contributed by atoms with Crippen molar-refractivity contribution in [1.29, 1.82) is 5.26 Å². The topological polar surface area (TPSA) is 278 Å². The van der Waals surface area contributed by atoms with Crippen LogP contribution in [-0.4, -0.2) is 43.3 Å². The number of benzene rings is 2. The molecular weight excluding hydrogens is 595 g/mol. The maximum atomic E-state index is 11.9. The number of anilines is 1. The van der Waals surface area contributed by atoms with Gasteiger partial charge in [-0.2, -0.15) is 5.26 Å². The van der Waals surface area contributed by atoms with Gasteiger partial charge in [-0.15, -0.1) is 0 Å². The Balaban J connectivity index is 1.41. The summed E-state index contributed by atoms with van der Waals surface area (Å²) in [6, 6.07) is 10.8. The molecule has 4 N–H and O–H groups in total. The SMILES string of the molecule is N#Cc1ccc2cc3nc(N)c4ncn([C@H]5CC(O)[C@@H](COP(=O)([O-])OP(=O)([O-])OP(=O)([O-])O)O5)c4c3cc2c1. The van der Waals surface area contributed by atoms with Crippen LogP contribution in [0.5, 0.6) is 0 Å². The normalized spacial score (nSPS) is 24.1. The molecule has 4 aromatic rings. The average Bonchev–Trinajstić information content (AvgIpc) is 3.43. The van der Waals surface area contributed by atoms with Crippen molar-refractivity contribution in [2.24, 2.45) is 0 Å². The molecule has 0 radical (unpaired) electrons. The average molecular weight is 612 g/mol. The molecule has 1 saturated heterocycles. The van der Waals surface area contributed by atoms with Crippen LogP contribution in [0.4, 0.5) is 5.82 Å². The standard InChI is InChI=1S/C20H20N5O12P3/c21-7-10-1-2-11-5-14-13(4-12(11)3-10)19-18(20(22)24-14)23-9-25(19)17-6-15(26)16(35-17)8-34-39(30,31)37-40(32,33)36-38(27,28)29/h1-5,9,15-17,26H,6,8H2,(H2,22,24)(H,30,31)(H,32,33)(H2,27,28,29)/p-3/t15?,16-,17-/m1/s1. The van der Waals surface area contributed by atoms with Gasteiger partial charge >= 0.3 is 0 Å². The minimum Gasteiger partial charge on any atom is -0.756 e. The van der Waals surface area contributed by atoms with Crippen LogP contribution in [0, 0.1) is 11.3 Å². The van der Waals surface area contributed by atoms with Crippen molar-refractivity contribution >= 4 is 62.0 Å². The lowest BCUT2D eigenvalue weighted by Gasteiger charge is -2.33. The second-order valence-corrected chi connectivity index (χ2v) is 12.9. The highest BCUT2D eigenvalue weighted by molar-refractivity contribution is 7.65. The molecule has 3 heterocycles. The van der Waals surface area contributed by atoms with Crippen molar-refractivity contribution < 1.29 is 56.3 Å². The van der Waals surface area contributed by atoms with Crippen LogP contribution in [0.15, 0.2) is 36.7 Å². The Morgan fingerprint density at radius 2 is 1.90 bits per heavy atom. The first-order valence-electron chi connectivity index (χ1n) is 11.1. The van der Waals surface area contributed by atoms with E-state index < -0.39 is 48.5 Å². The highest BCUT2D eigenvalue weighted by Crippen LogP contribution is 2.61. The zero-order valence-corrected chi connectivity index (χ0v) is 22.5. The van der Waals surface area contributed by atoms with E-state index in [1.165, 1.54) is 6.33 Å². The van der Waals surface area contributed by atoms with Crippen molar-refractivity contribution in [1.82, 2.24) is 14.5 Å². The van der Waals surface area contributed by atoms with E-state index >= 15 is 0 Å². The molecule has 4 unspecified atom stereocenters. The molecular formula is C20H17N5O12P3-3. The largest absolute Gasteiger partial charge is 0.756 e. The van der Waals surface area contributed by atoms with Crippen LogP contribution in [-0.2, 0) is 31.6 Å². The Kier molecular flexibility index (Phi) is 7.35. The Morgan fingerprint density at radius 1 is 1.15 bits per heavy atom. The van der Waals surface area contributed by atoms with Crippen molar-refractivity contribution in [3.63, 3.8) is 0 Å². The van der Waals surface area contributed by atoms with E-state index in [4.69, 9.17) is 15.4 Å². The minimum absolute atomic E-state index is 0.0770. The first kappa shape index (κ1) is 28.7. The number of hydrogen-bond acceptors (Lipinski definition) is 15. The number of nitrogens with zero attached hydrogens (tertiary/aromatic N) is 4. The zero-order chi connectivity index (χ0) is 29.0. The number of aliphatic hydroxyl groups is 1. The number of phosphoric acid groups is 3. The Hall–Kier alpha value is -2.80. The number of nitrogens with two attached hydrogens (primary N) is 1. The second kappa shape index (κ2) is 10.2. The summed E-state index contributed by atoms with van der Waals surface area (Å²) in [5, 5.41) is 21.9. The number of fused-ring (bicyclic) bond motifs is 4. The molecule has 17 nitrogen and oxygen atoms in total. The van der Waals surface area contributed by atoms with Crippen LogP contribution in [0.25, 0.3) is 32.7 Å². The highest BCUT2D eigenvalue weighted by Gasteiger charge is 2.37. The number of nitriles is 1. The van der Waals surface area contributed by atoms with E-state index in [1.54, 1.807) is 34.9 Å². The van der Waals surface area contributed by atoms with Crippen molar-refractivity contribution in [2.75, 3.05) is 12.3 Å². The van der Waals surface area contributed by atoms with Gasteiger partial charge in [-0.3, -0.25) is 13.7 Å². The summed E-state index contributed by atoms with van der Waals surface area (Å²) in [4.78, 5) is 51.0. The fraction of sp³-hybridized carbons (Fsp3) is 0.250. The van der Waals surface area contributed by atoms with Crippen molar-refractivity contribution in [2.45, 2.75) is 24.9 Å². The van der Waals surface area contributed by atoms with Crippen molar-refractivity contribution in [3.05, 3.63) is 42.2 Å². The van der Waals surface area contributed by atoms with Crippen molar-refractivity contribution in [3.8, 4) is 6.07 Å². The molecule has 1 aliphatic rings. The fourth-order valence-electron chi connectivity index (χ4n) is 4.34. The molecule has 1 aliphatic heterocycles. The maximum absolute atomic E-state index is 11.9. The Bertz CT molecular complexity index is 1840. The predicted octanol–water partition coefficient (Wildman–Crippen LogP) is 0.287. The van der Waals surface area contributed by atoms with Gasteiger partial charge in [0, 0.05) is 11.8 Å². The Labute approximate surface area is 223 Å². The molecule has 40 heavy (non-hydrogen) atoms.